The largest absolute Gasteiger partial charge is 0.497 e. The number of carbonyl (C=O) groups is 2. The molecule has 1 heterocycles. The number of aryl methyl sites for hydroxylation is 1. The van der Waals surface area contributed by atoms with Crippen LogP contribution in [0.5, 0.6) is 5.75 Å². The number of amides is 2. The van der Waals surface area contributed by atoms with Gasteiger partial charge in [-0.3, -0.25) is 9.78 Å². The summed E-state index contributed by atoms with van der Waals surface area (Å²) in [6.07, 6.45) is 9.56. The minimum atomic E-state index is -0.500. The monoisotopic (exact) mass is 507 g/mol. The number of hydrogen-bond acceptors (Lipinski definition) is 5. The van der Waals surface area contributed by atoms with Gasteiger partial charge < -0.3 is 20.1 Å². The maximum Gasteiger partial charge on any atom is 0.407 e. The molecule has 1 aromatic heterocycles. The third-order valence-corrected chi connectivity index (χ3v) is 7.62. The number of carbonyl (C=O) groups excluding carboxylic acids is 2. The van der Waals surface area contributed by atoms with Gasteiger partial charge in [-0.1, -0.05) is 12.1 Å². The average molecular weight is 508 g/mol. The first-order valence-corrected chi connectivity index (χ1v) is 13.5. The molecule has 2 atom stereocenters. The van der Waals surface area contributed by atoms with E-state index in [-0.39, 0.29) is 29.9 Å². The van der Waals surface area contributed by atoms with Gasteiger partial charge in [0.1, 0.15) is 11.4 Å². The Morgan fingerprint density at radius 2 is 1.86 bits per heavy atom. The highest BCUT2D eigenvalue weighted by Gasteiger charge is 2.34. The number of nitrogens with one attached hydrogen (secondary N) is 2. The van der Waals surface area contributed by atoms with Crippen molar-refractivity contribution in [3.05, 3.63) is 59.4 Å². The fourth-order valence-corrected chi connectivity index (χ4v) is 5.69. The van der Waals surface area contributed by atoms with Crippen LogP contribution in [0, 0.1) is 11.8 Å². The molecule has 2 amide bonds. The first-order valence-electron chi connectivity index (χ1n) is 13.5. The Morgan fingerprint density at radius 1 is 1.08 bits per heavy atom. The molecule has 0 saturated heterocycles. The minimum Gasteiger partial charge on any atom is -0.497 e. The Labute approximate surface area is 220 Å². The lowest BCUT2D eigenvalue weighted by Gasteiger charge is -2.36. The molecule has 7 heteroatoms. The van der Waals surface area contributed by atoms with Crippen molar-refractivity contribution >= 4 is 12.0 Å². The van der Waals surface area contributed by atoms with Crippen LogP contribution < -0.4 is 15.4 Å². The normalized spacial score (nSPS) is 23.5. The molecule has 1 fully saturated rings. The topological polar surface area (TPSA) is 89.6 Å². The fourth-order valence-electron chi connectivity index (χ4n) is 5.69. The lowest BCUT2D eigenvalue weighted by molar-refractivity contribution is -0.127. The van der Waals surface area contributed by atoms with Crippen molar-refractivity contribution in [2.75, 3.05) is 13.7 Å². The SMILES string of the molecule is COc1ccc2c(c1)CC[C@@H](NC(=O)[C@H]1CC[C@@H](CNC(=O)OC(C)(C)C)CC1)C2Cc1cccnc1. The van der Waals surface area contributed by atoms with E-state index in [0.717, 1.165) is 50.7 Å². The Morgan fingerprint density at radius 3 is 2.54 bits per heavy atom. The molecule has 0 aliphatic heterocycles. The molecule has 200 valence electrons. The quantitative estimate of drug-likeness (QED) is 0.539. The van der Waals surface area contributed by atoms with Gasteiger partial charge in [-0.2, -0.15) is 0 Å². The number of ether oxygens (including phenoxy) is 2. The Kier molecular flexibility index (Phi) is 8.72. The van der Waals surface area contributed by atoms with Gasteiger partial charge >= 0.3 is 6.09 Å². The zero-order valence-electron chi connectivity index (χ0n) is 22.6. The van der Waals surface area contributed by atoms with Crippen molar-refractivity contribution in [3.63, 3.8) is 0 Å². The van der Waals surface area contributed by atoms with E-state index in [1.165, 1.54) is 16.7 Å². The lowest BCUT2D eigenvalue weighted by atomic mass is 9.75. The molecule has 0 bridgehead atoms. The van der Waals surface area contributed by atoms with Crippen LogP contribution in [0.2, 0.25) is 0 Å². The van der Waals surface area contributed by atoms with Crippen molar-refractivity contribution in [1.82, 2.24) is 15.6 Å². The highest BCUT2D eigenvalue weighted by Crippen LogP contribution is 2.37. The highest BCUT2D eigenvalue weighted by atomic mass is 16.6. The number of aromatic nitrogens is 1. The van der Waals surface area contributed by atoms with E-state index >= 15 is 0 Å². The molecule has 7 nitrogen and oxygen atoms in total. The molecule has 2 aromatic rings. The number of fused-ring (bicyclic) bond motifs is 1. The first-order chi connectivity index (χ1) is 17.7. The predicted octanol–water partition coefficient (Wildman–Crippen LogP) is 5.18. The number of pyridine rings is 1. The second-order valence-electron chi connectivity index (χ2n) is 11.5. The summed E-state index contributed by atoms with van der Waals surface area (Å²) in [7, 11) is 1.70. The third kappa shape index (κ3) is 7.46. The van der Waals surface area contributed by atoms with Crippen LogP contribution in [0.1, 0.15) is 75.5 Å². The third-order valence-electron chi connectivity index (χ3n) is 7.62. The Hall–Kier alpha value is -3.09. The van der Waals surface area contributed by atoms with Crippen LogP contribution in [0.15, 0.2) is 42.7 Å². The van der Waals surface area contributed by atoms with Crippen molar-refractivity contribution in [2.24, 2.45) is 11.8 Å². The zero-order valence-corrected chi connectivity index (χ0v) is 22.6. The molecular weight excluding hydrogens is 466 g/mol. The summed E-state index contributed by atoms with van der Waals surface area (Å²) in [4.78, 5) is 29.6. The standard InChI is InChI=1S/C30H41N3O4/c1-30(2,3)37-29(35)32-19-20-7-9-22(10-8-20)28(34)33-27-14-11-23-17-24(36-4)12-13-25(23)26(27)16-21-6-5-15-31-18-21/h5-6,12-13,15,17-18,20,22,26-27H,7-11,14,16,19H2,1-4H3,(H,32,35)(H,33,34)/t20-,22+,26?,27-/m1/s1. The maximum absolute atomic E-state index is 13.4. The Balaban J connectivity index is 1.35. The van der Waals surface area contributed by atoms with Crippen LogP contribution in [0.25, 0.3) is 0 Å². The van der Waals surface area contributed by atoms with Crippen molar-refractivity contribution < 1.29 is 19.1 Å². The van der Waals surface area contributed by atoms with Crippen LogP contribution in [0.3, 0.4) is 0 Å². The molecule has 2 aliphatic rings. The number of rotatable bonds is 7. The molecule has 2 aliphatic carbocycles. The van der Waals surface area contributed by atoms with Crippen molar-refractivity contribution in [1.29, 1.82) is 0 Å². The van der Waals surface area contributed by atoms with Gasteiger partial charge in [0.2, 0.25) is 5.91 Å². The van der Waals surface area contributed by atoms with Gasteiger partial charge in [-0.15, -0.1) is 0 Å². The molecule has 4 rings (SSSR count). The molecule has 0 spiro atoms. The molecule has 0 radical (unpaired) electrons. The van der Waals surface area contributed by atoms with E-state index in [1.807, 2.05) is 39.1 Å². The Bertz CT molecular complexity index is 1060. The van der Waals surface area contributed by atoms with Gasteiger partial charge in [-0.25, -0.2) is 4.79 Å². The second kappa shape index (κ2) is 12.0. The van der Waals surface area contributed by atoms with E-state index < -0.39 is 5.60 Å². The van der Waals surface area contributed by atoms with Crippen LogP contribution >= 0.6 is 0 Å². The van der Waals surface area contributed by atoms with Gasteiger partial charge in [0.15, 0.2) is 0 Å². The van der Waals surface area contributed by atoms with E-state index in [1.54, 1.807) is 13.3 Å². The number of methoxy groups -OCH3 is 1. The minimum absolute atomic E-state index is 0.0223. The lowest BCUT2D eigenvalue weighted by Crippen LogP contribution is -2.46. The van der Waals surface area contributed by atoms with Crippen LogP contribution in [-0.2, 0) is 22.4 Å². The van der Waals surface area contributed by atoms with E-state index in [4.69, 9.17) is 9.47 Å². The molecule has 2 N–H and O–H groups in total. The summed E-state index contributed by atoms with van der Waals surface area (Å²) in [5, 5.41) is 6.33. The summed E-state index contributed by atoms with van der Waals surface area (Å²) >= 11 is 0. The number of nitrogens with zero attached hydrogens (tertiary/aromatic N) is 1. The summed E-state index contributed by atoms with van der Waals surface area (Å²) < 4.78 is 10.8. The molecule has 1 unspecified atom stereocenters. The van der Waals surface area contributed by atoms with Crippen molar-refractivity contribution in [3.8, 4) is 5.75 Å². The molecule has 1 saturated carbocycles. The fraction of sp³-hybridized carbons (Fsp3) is 0.567. The van der Waals surface area contributed by atoms with E-state index in [0.29, 0.717) is 12.5 Å². The van der Waals surface area contributed by atoms with Crippen LogP contribution in [0.4, 0.5) is 4.79 Å². The first kappa shape index (κ1) is 27.0. The number of hydrogen-bond donors (Lipinski definition) is 2. The van der Waals surface area contributed by atoms with Crippen molar-refractivity contribution in [2.45, 2.75) is 83.3 Å². The van der Waals surface area contributed by atoms with E-state index in [9.17, 15) is 9.59 Å². The molecular formula is C30H41N3O4. The molecule has 37 heavy (non-hydrogen) atoms. The number of benzene rings is 1. The van der Waals surface area contributed by atoms with Gasteiger partial charge in [0, 0.05) is 36.8 Å². The van der Waals surface area contributed by atoms with Gasteiger partial charge in [0.05, 0.1) is 7.11 Å². The summed E-state index contributed by atoms with van der Waals surface area (Å²) in [6.45, 7) is 6.18. The van der Waals surface area contributed by atoms with Gasteiger partial charge in [0.25, 0.3) is 0 Å². The predicted molar refractivity (Wildman–Crippen MR) is 144 cm³/mol. The summed E-state index contributed by atoms with van der Waals surface area (Å²) in [5.74, 6) is 1.63. The van der Waals surface area contributed by atoms with Crippen LogP contribution in [-0.4, -0.2) is 42.3 Å². The smallest absolute Gasteiger partial charge is 0.407 e. The average Bonchev–Trinajstić information content (AvgIpc) is 2.88. The van der Waals surface area contributed by atoms with Gasteiger partial charge in [-0.05, 0) is 107 Å². The summed E-state index contributed by atoms with van der Waals surface area (Å²) in [6, 6.07) is 10.5. The van der Waals surface area contributed by atoms with E-state index in [2.05, 4.69) is 33.8 Å². The summed E-state index contributed by atoms with van der Waals surface area (Å²) in [5.41, 5.74) is 3.27. The second-order valence-corrected chi connectivity index (χ2v) is 11.5. The maximum atomic E-state index is 13.4. The number of alkyl carbamates (subject to hydrolysis) is 1. The molecule has 1 aromatic carbocycles. The zero-order chi connectivity index (χ0) is 26.4. The highest BCUT2D eigenvalue weighted by molar-refractivity contribution is 5.79.